The predicted octanol–water partition coefficient (Wildman–Crippen LogP) is 0.110. The minimum atomic E-state index is -2.70. The molecule has 1 rings (SSSR count). The zero-order chi connectivity index (χ0) is 13.7. The van der Waals surface area contributed by atoms with Crippen molar-refractivity contribution in [1.29, 1.82) is 0 Å². The van der Waals surface area contributed by atoms with Gasteiger partial charge in [0.2, 0.25) is 0 Å². The Morgan fingerprint density at radius 2 is 2.22 bits per heavy atom. The first-order chi connectivity index (χ1) is 8.40. The number of hydrogen-bond acceptors (Lipinski definition) is 3. The number of carbonyl (C=O) groups excluding carboxylic acids is 1. The molecule has 0 aliphatic heterocycles. The fourth-order valence-electron chi connectivity index (χ4n) is 1.23. The number of aryl methyl sites for hydroxylation is 1. The third-order valence-corrected chi connectivity index (χ3v) is 2.00. The van der Waals surface area contributed by atoms with Crippen molar-refractivity contribution in [2.24, 2.45) is 7.05 Å². The minimum absolute atomic E-state index is 0.247. The van der Waals surface area contributed by atoms with Crippen molar-refractivity contribution >= 4 is 12.0 Å². The van der Waals surface area contributed by atoms with E-state index in [1.807, 2.05) is 5.32 Å². The van der Waals surface area contributed by atoms with Crippen LogP contribution in [0.15, 0.2) is 12.4 Å². The maximum Gasteiger partial charge on any atom is 0.331 e. The molecule has 9 heteroatoms. The SMILES string of the molecule is Cn1cc(C(NC(=O)NCC(F)F)C(=O)O)cn1. The molecule has 100 valence electrons. The number of urea groups is 1. The number of carboxylic acid groups (broad SMARTS) is 1. The molecule has 1 aromatic rings. The van der Waals surface area contributed by atoms with E-state index in [2.05, 4.69) is 10.4 Å². The molecule has 1 atom stereocenters. The van der Waals surface area contributed by atoms with Gasteiger partial charge in [-0.1, -0.05) is 0 Å². The molecule has 0 aliphatic rings. The number of aromatic nitrogens is 2. The summed E-state index contributed by atoms with van der Waals surface area (Å²) < 4.78 is 25.1. The van der Waals surface area contributed by atoms with Crippen LogP contribution < -0.4 is 10.6 Å². The number of halogens is 2. The van der Waals surface area contributed by atoms with E-state index >= 15 is 0 Å². The maximum absolute atomic E-state index is 11.8. The highest BCUT2D eigenvalue weighted by molar-refractivity contribution is 5.83. The minimum Gasteiger partial charge on any atom is -0.479 e. The van der Waals surface area contributed by atoms with Crippen molar-refractivity contribution in [3.63, 3.8) is 0 Å². The maximum atomic E-state index is 11.8. The standard InChI is InChI=1S/C9H12F2N4O3/c1-15-4-5(2-13-15)7(8(16)17)14-9(18)12-3-6(10)11/h2,4,6-7H,3H2,1H3,(H,16,17)(H2,12,14,18). The summed E-state index contributed by atoms with van der Waals surface area (Å²) in [6.45, 7) is -0.842. The van der Waals surface area contributed by atoms with E-state index in [9.17, 15) is 18.4 Å². The second-order valence-corrected chi connectivity index (χ2v) is 3.46. The highest BCUT2D eigenvalue weighted by Gasteiger charge is 2.23. The molecule has 18 heavy (non-hydrogen) atoms. The number of carboxylic acids is 1. The third-order valence-electron chi connectivity index (χ3n) is 2.00. The summed E-state index contributed by atoms with van der Waals surface area (Å²) in [5.41, 5.74) is 0.247. The fraction of sp³-hybridized carbons (Fsp3) is 0.444. The molecule has 0 aliphatic carbocycles. The Bertz CT molecular complexity index is 435. The van der Waals surface area contributed by atoms with Gasteiger partial charge in [-0.2, -0.15) is 5.10 Å². The van der Waals surface area contributed by atoms with Gasteiger partial charge in [0, 0.05) is 18.8 Å². The van der Waals surface area contributed by atoms with Gasteiger partial charge in [0.1, 0.15) is 0 Å². The summed E-state index contributed by atoms with van der Waals surface area (Å²) in [7, 11) is 1.58. The number of hydrogen-bond donors (Lipinski definition) is 3. The Balaban J connectivity index is 2.64. The van der Waals surface area contributed by atoms with E-state index in [4.69, 9.17) is 5.11 Å². The van der Waals surface area contributed by atoms with E-state index in [1.165, 1.54) is 17.1 Å². The molecule has 0 radical (unpaired) electrons. The molecule has 0 bridgehead atoms. The van der Waals surface area contributed by atoms with Crippen LogP contribution in [0.3, 0.4) is 0 Å². The first-order valence-electron chi connectivity index (χ1n) is 4.94. The normalized spacial score (nSPS) is 12.2. The second-order valence-electron chi connectivity index (χ2n) is 3.46. The summed E-state index contributed by atoms with van der Waals surface area (Å²) in [5, 5.41) is 16.6. The van der Waals surface area contributed by atoms with Crippen LogP contribution in [0.25, 0.3) is 0 Å². The number of nitrogens with zero attached hydrogens (tertiary/aromatic N) is 2. The zero-order valence-corrected chi connectivity index (χ0v) is 9.43. The lowest BCUT2D eigenvalue weighted by atomic mass is 10.1. The Labute approximate surface area is 101 Å². The van der Waals surface area contributed by atoms with Gasteiger partial charge in [0.15, 0.2) is 6.04 Å². The number of alkyl halides is 2. The topological polar surface area (TPSA) is 96.2 Å². The molecule has 0 saturated heterocycles. The van der Waals surface area contributed by atoms with E-state index < -0.39 is 31.0 Å². The zero-order valence-electron chi connectivity index (χ0n) is 9.43. The molecule has 0 fully saturated rings. The molecular formula is C9H12F2N4O3. The number of amides is 2. The van der Waals surface area contributed by atoms with E-state index in [-0.39, 0.29) is 5.56 Å². The number of aliphatic carboxylic acids is 1. The van der Waals surface area contributed by atoms with Crippen molar-refractivity contribution in [1.82, 2.24) is 20.4 Å². The molecule has 2 amide bonds. The van der Waals surface area contributed by atoms with Crippen molar-refractivity contribution in [3.8, 4) is 0 Å². The van der Waals surface area contributed by atoms with Gasteiger partial charge in [-0.15, -0.1) is 0 Å². The van der Waals surface area contributed by atoms with Crippen LogP contribution in [0, 0.1) is 0 Å². The summed E-state index contributed by atoms with van der Waals surface area (Å²) in [4.78, 5) is 22.2. The van der Waals surface area contributed by atoms with E-state index in [1.54, 1.807) is 7.05 Å². The largest absolute Gasteiger partial charge is 0.479 e. The Morgan fingerprint density at radius 1 is 1.56 bits per heavy atom. The number of nitrogens with one attached hydrogen (secondary N) is 2. The molecule has 1 heterocycles. The lowest BCUT2D eigenvalue weighted by Crippen LogP contribution is -2.42. The van der Waals surface area contributed by atoms with Crippen LogP contribution in [0.1, 0.15) is 11.6 Å². The number of carbonyl (C=O) groups is 2. The average molecular weight is 262 g/mol. The fourth-order valence-corrected chi connectivity index (χ4v) is 1.23. The van der Waals surface area contributed by atoms with E-state index in [0.717, 1.165) is 0 Å². The van der Waals surface area contributed by atoms with Crippen molar-refractivity contribution in [2.45, 2.75) is 12.5 Å². The lowest BCUT2D eigenvalue weighted by Gasteiger charge is -2.13. The highest BCUT2D eigenvalue weighted by Crippen LogP contribution is 2.11. The van der Waals surface area contributed by atoms with Crippen LogP contribution in [0.2, 0.25) is 0 Å². The smallest absolute Gasteiger partial charge is 0.331 e. The second kappa shape index (κ2) is 5.94. The molecule has 0 saturated carbocycles. The molecular weight excluding hydrogens is 250 g/mol. The molecule has 0 spiro atoms. The molecule has 1 aromatic heterocycles. The van der Waals surface area contributed by atoms with Gasteiger partial charge in [0.25, 0.3) is 6.43 Å². The van der Waals surface area contributed by atoms with Crippen LogP contribution >= 0.6 is 0 Å². The monoisotopic (exact) mass is 262 g/mol. The van der Waals surface area contributed by atoms with E-state index in [0.29, 0.717) is 0 Å². The Hall–Kier alpha value is -2.19. The van der Waals surface area contributed by atoms with Crippen molar-refractivity contribution in [3.05, 3.63) is 18.0 Å². The van der Waals surface area contributed by atoms with Crippen LogP contribution in [0.4, 0.5) is 13.6 Å². The third kappa shape index (κ3) is 4.00. The first kappa shape index (κ1) is 13.9. The predicted molar refractivity (Wildman–Crippen MR) is 56.1 cm³/mol. The summed E-state index contributed by atoms with van der Waals surface area (Å²) in [6.07, 6.45) is -0.0179. The highest BCUT2D eigenvalue weighted by atomic mass is 19.3. The molecule has 3 N–H and O–H groups in total. The Morgan fingerprint density at radius 3 is 2.67 bits per heavy atom. The van der Waals surface area contributed by atoms with Gasteiger partial charge < -0.3 is 15.7 Å². The molecule has 7 nitrogen and oxygen atoms in total. The average Bonchev–Trinajstić information content (AvgIpc) is 2.69. The van der Waals surface area contributed by atoms with Gasteiger partial charge in [-0.25, -0.2) is 18.4 Å². The summed E-state index contributed by atoms with van der Waals surface area (Å²) in [6, 6.07) is -2.32. The summed E-state index contributed by atoms with van der Waals surface area (Å²) >= 11 is 0. The summed E-state index contributed by atoms with van der Waals surface area (Å²) in [5.74, 6) is -1.31. The van der Waals surface area contributed by atoms with Gasteiger partial charge in [-0.05, 0) is 0 Å². The van der Waals surface area contributed by atoms with Gasteiger partial charge in [-0.3, -0.25) is 4.68 Å². The van der Waals surface area contributed by atoms with Crippen LogP contribution in [-0.4, -0.2) is 39.9 Å². The van der Waals surface area contributed by atoms with Crippen LogP contribution in [-0.2, 0) is 11.8 Å². The quantitative estimate of drug-likeness (QED) is 0.701. The lowest BCUT2D eigenvalue weighted by molar-refractivity contribution is -0.139. The molecule has 1 unspecified atom stereocenters. The molecule has 0 aromatic carbocycles. The Kier molecular flexibility index (Phi) is 4.58. The van der Waals surface area contributed by atoms with Crippen LogP contribution in [0.5, 0.6) is 0 Å². The van der Waals surface area contributed by atoms with Gasteiger partial charge in [0.05, 0.1) is 12.7 Å². The van der Waals surface area contributed by atoms with Crippen molar-refractivity contribution < 1.29 is 23.5 Å². The van der Waals surface area contributed by atoms with Gasteiger partial charge >= 0.3 is 12.0 Å². The van der Waals surface area contributed by atoms with Crippen molar-refractivity contribution in [2.75, 3.05) is 6.54 Å². The number of rotatable bonds is 5. The first-order valence-corrected chi connectivity index (χ1v) is 4.94.